The van der Waals surface area contributed by atoms with Gasteiger partial charge in [0.25, 0.3) is 0 Å². The molecule has 0 amide bonds. The maximum Gasteiger partial charge on any atom is 0.141 e. The molecular weight excluding hydrogens is 222 g/mol. The highest BCUT2D eigenvalue weighted by Gasteiger charge is 2.45. The van der Waals surface area contributed by atoms with Crippen LogP contribution >= 0.6 is 11.6 Å². The lowest BCUT2D eigenvalue weighted by atomic mass is 9.93. The van der Waals surface area contributed by atoms with Gasteiger partial charge in [0.1, 0.15) is 5.75 Å². The van der Waals surface area contributed by atoms with Crippen molar-refractivity contribution in [3.8, 4) is 5.75 Å². The molecule has 1 saturated carbocycles. The first-order chi connectivity index (χ1) is 7.66. The zero-order chi connectivity index (χ0) is 11.8. The molecule has 0 spiro atoms. The maximum atomic E-state index is 6.24. The molecule has 16 heavy (non-hydrogen) atoms. The summed E-state index contributed by atoms with van der Waals surface area (Å²) >= 11 is 6.24. The molecule has 0 heterocycles. The minimum absolute atomic E-state index is 0.125. The van der Waals surface area contributed by atoms with Gasteiger partial charge in [-0.25, -0.2) is 0 Å². The summed E-state index contributed by atoms with van der Waals surface area (Å²) in [5.41, 5.74) is 8.44. The Kier molecular flexibility index (Phi) is 3.13. The Balaban J connectivity index is 2.53. The molecule has 1 fully saturated rings. The molecule has 0 atom stereocenters. The van der Waals surface area contributed by atoms with Crippen molar-refractivity contribution in [2.24, 2.45) is 5.73 Å². The summed E-state index contributed by atoms with van der Waals surface area (Å²) in [6.07, 6.45) is 3.27. The number of rotatable bonds is 4. The SMILES string of the molecule is CCc1cc(Cl)c(OC)c(C2(CN)CC2)c1. The van der Waals surface area contributed by atoms with Crippen LogP contribution in [0.25, 0.3) is 0 Å². The first-order valence-electron chi connectivity index (χ1n) is 5.74. The van der Waals surface area contributed by atoms with Crippen LogP contribution in [-0.2, 0) is 11.8 Å². The molecule has 1 aliphatic rings. The number of hydrogen-bond donors (Lipinski definition) is 1. The van der Waals surface area contributed by atoms with Crippen molar-refractivity contribution in [3.63, 3.8) is 0 Å². The molecule has 0 aliphatic heterocycles. The summed E-state index contributed by atoms with van der Waals surface area (Å²) in [7, 11) is 1.67. The number of nitrogens with two attached hydrogens (primary N) is 1. The van der Waals surface area contributed by atoms with Gasteiger partial charge in [-0.2, -0.15) is 0 Å². The van der Waals surface area contributed by atoms with Gasteiger partial charge in [-0.15, -0.1) is 0 Å². The van der Waals surface area contributed by atoms with Crippen molar-refractivity contribution in [2.45, 2.75) is 31.6 Å². The van der Waals surface area contributed by atoms with Gasteiger partial charge in [0.15, 0.2) is 0 Å². The fraction of sp³-hybridized carbons (Fsp3) is 0.538. The van der Waals surface area contributed by atoms with Crippen LogP contribution in [0.1, 0.15) is 30.9 Å². The minimum Gasteiger partial charge on any atom is -0.495 e. The number of ether oxygens (including phenoxy) is 1. The second-order valence-corrected chi connectivity index (χ2v) is 4.90. The number of benzene rings is 1. The van der Waals surface area contributed by atoms with E-state index in [4.69, 9.17) is 22.1 Å². The molecule has 0 radical (unpaired) electrons. The van der Waals surface area contributed by atoms with E-state index in [1.165, 1.54) is 11.1 Å². The third-order valence-electron chi connectivity index (χ3n) is 3.53. The number of halogens is 1. The highest BCUT2D eigenvalue weighted by molar-refractivity contribution is 6.32. The van der Waals surface area contributed by atoms with Gasteiger partial charge in [-0.3, -0.25) is 0 Å². The second kappa shape index (κ2) is 4.27. The van der Waals surface area contributed by atoms with E-state index in [0.29, 0.717) is 11.6 Å². The van der Waals surface area contributed by atoms with Gasteiger partial charge < -0.3 is 10.5 Å². The second-order valence-electron chi connectivity index (χ2n) is 4.50. The summed E-state index contributed by atoms with van der Waals surface area (Å²) in [6.45, 7) is 2.80. The third kappa shape index (κ3) is 1.80. The Morgan fingerprint density at radius 2 is 2.12 bits per heavy atom. The summed E-state index contributed by atoms with van der Waals surface area (Å²) < 4.78 is 5.42. The molecule has 2 N–H and O–H groups in total. The Hall–Kier alpha value is -0.730. The smallest absolute Gasteiger partial charge is 0.141 e. The van der Waals surface area contributed by atoms with Crippen molar-refractivity contribution in [1.82, 2.24) is 0 Å². The van der Waals surface area contributed by atoms with Crippen LogP contribution in [-0.4, -0.2) is 13.7 Å². The van der Waals surface area contributed by atoms with Crippen LogP contribution in [0.2, 0.25) is 5.02 Å². The summed E-state index contributed by atoms with van der Waals surface area (Å²) in [4.78, 5) is 0. The molecule has 2 nitrogen and oxygen atoms in total. The summed E-state index contributed by atoms with van der Waals surface area (Å²) in [5.74, 6) is 0.807. The normalized spacial score (nSPS) is 17.2. The lowest BCUT2D eigenvalue weighted by molar-refractivity contribution is 0.404. The van der Waals surface area contributed by atoms with E-state index in [1.54, 1.807) is 7.11 Å². The predicted molar refractivity (Wildman–Crippen MR) is 67.3 cm³/mol. The van der Waals surface area contributed by atoms with Crippen molar-refractivity contribution in [2.75, 3.05) is 13.7 Å². The maximum absolute atomic E-state index is 6.24. The van der Waals surface area contributed by atoms with Crippen LogP contribution in [0, 0.1) is 0 Å². The quantitative estimate of drug-likeness (QED) is 0.877. The average molecular weight is 240 g/mol. The highest BCUT2D eigenvalue weighted by atomic mass is 35.5. The van der Waals surface area contributed by atoms with Crippen molar-refractivity contribution >= 4 is 11.6 Å². The van der Waals surface area contributed by atoms with Crippen LogP contribution in [0.4, 0.5) is 0 Å². The molecular formula is C13H18ClNO. The van der Waals surface area contributed by atoms with Crippen LogP contribution < -0.4 is 10.5 Å². The lowest BCUT2D eigenvalue weighted by Crippen LogP contribution is -2.20. The van der Waals surface area contributed by atoms with Gasteiger partial charge in [0.2, 0.25) is 0 Å². The number of aryl methyl sites for hydroxylation is 1. The van der Waals surface area contributed by atoms with Crippen LogP contribution in [0.5, 0.6) is 5.75 Å². The molecule has 1 aliphatic carbocycles. The minimum atomic E-state index is 0.125. The summed E-state index contributed by atoms with van der Waals surface area (Å²) in [5, 5.41) is 0.705. The third-order valence-corrected chi connectivity index (χ3v) is 3.81. The molecule has 3 heteroatoms. The van der Waals surface area contributed by atoms with Crippen molar-refractivity contribution in [3.05, 3.63) is 28.3 Å². The monoisotopic (exact) mass is 239 g/mol. The fourth-order valence-electron chi connectivity index (χ4n) is 2.19. The predicted octanol–water partition coefficient (Wildman–Crippen LogP) is 2.90. The molecule has 1 aromatic carbocycles. The Labute approximate surface area is 102 Å². The van der Waals surface area contributed by atoms with E-state index in [2.05, 4.69) is 13.0 Å². The van der Waals surface area contributed by atoms with E-state index in [0.717, 1.165) is 25.0 Å². The van der Waals surface area contributed by atoms with Gasteiger partial charge in [-0.1, -0.05) is 24.6 Å². The molecule has 0 bridgehead atoms. The van der Waals surface area contributed by atoms with Gasteiger partial charge in [0.05, 0.1) is 12.1 Å². The largest absolute Gasteiger partial charge is 0.495 e. The van der Waals surface area contributed by atoms with E-state index in [9.17, 15) is 0 Å². The van der Waals surface area contributed by atoms with Crippen LogP contribution in [0.3, 0.4) is 0 Å². The van der Waals surface area contributed by atoms with Crippen molar-refractivity contribution < 1.29 is 4.74 Å². The Bertz CT molecular complexity index is 399. The highest BCUT2D eigenvalue weighted by Crippen LogP contribution is 2.52. The van der Waals surface area contributed by atoms with E-state index < -0.39 is 0 Å². The molecule has 2 rings (SSSR count). The molecule has 1 aromatic rings. The van der Waals surface area contributed by atoms with Crippen molar-refractivity contribution in [1.29, 1.82) is 0 Å². The zero-order valence-electron chi connectivity index (χ0n) is 9.85. The number of methoxy groups -OCH3 is 1. The molecule has 0 aromatic heterocycles. The molecule has 88 valence electrons. The fourth-order valence-corrected chi connectivity index (χ4v) is 2.51. The standard InChI is InChI=1S/C13H18ClNO/c1-3-9-6-10(13(8-15)4-5-13)12(16-2)11(14)7-9/h6-7H,3-5,8,15H2,1-2H3. The van der Waals surface area contributed by atoms with Gasteiger partial charge >= 0.3 is 0 Å². The van der Waals surface area contributed by atoms with Crippen LogP contribution in [0.15, 0.2) is 12.1 Å². The topological polar surface area (TPSA) is 35.2 Å². The Morgan fingerprint density at radius 3 is 2.56 bits per heavy atom. The number of hydrogen-bond acceptors (Lipinski definition) is 2. The van der Waals surface area contributed by atoms with Gasteiger partial charge in [0, 0.05) is 17.5 Å². The first kappa shape index (κ1) is 11.7. The molecule has 0 saturated heterocycles. The zero-order valence-corrected chi connectivity index (χ0v) is 10.6. The van der Waals surface area contributed by atoms with E-state index in [1.807, 2.05) is 6.07 Å². The lowest BCUT2D eigenvalue weighted by Gasteiger charge is -2.19. The summed E-state index contributed by atoms with van der Waals surface area (Å²) in [6, 6.07) is 4.18. The van der Waals surface area contributed by atoms with E-state index >= 15 is 0 Å². The average Bonchev–Trinajstić information content (AvgIpc) is 3.08. The van der Waals surface area contributed by atoms with Gasteiger partial charge in [-0.05, 0) is 30.9 Å². The Morgan fingerprint density at radius 1 is 1.44 bits per heavy atom. The first-order valence-corrected chi connectivity index (χ1v) is 6.11. The van der Waals surface area contributed by atoms with E-state index in [-0.39, 0.29) is 5.41 Å². The molecule has 0 unspecified atom stereocenters.